The van der Waals surface area contributed by atoms with Crippen molar-refractivity contribution < 1.29 is 9.84 Å². The van der Waals surface area contributed by atoms with Crippen LogP contribution in [0.5, 0.6) is 5.75 Å². The molecule has 0 aliphatic heterocycles. The second-order valence-corrected chi connectivity index (χ2v) is 5.92. The first-order chi connectivity index (χ1) is 10.1. The molecule has 0 radical (unpaired) electrons. The largest absolute Gasteiger partial charge is 0.496 e. The normalized spacial score (nSPS) is 12.2. The van der Waals surface area contributed by atoms with Crippen molar-refractivity contribution in [1.29, 1.82) is 0 Å². The van der Waals surface area contributed by atoms with Crippen LogP contribution >= 0.6 is 23.2 Å². The Labute approximate surface area is 135 Å². The van der Waals surface area contributed by atoms with Crippen LogP contribution < -0.4 is 4.74 Å². The number of rotatable bonds is 6. The van der Waals surface area contributed by atoms with E-state index >= 15 is 0 Å². The molecule has 2 aromatic rings. The Morgan fingerprint density at radius 2 is 1.81 bits per heavy atom. The van der Waals surface area contributed by atoms with Crippen molar-refractivity contribution in [3.8, 4) is 5.75 Å². The summed E-state index contributed by atoms with van der Waals surface area (Å²) in [5.41, 5.74) is 2.12. The minimum absolute atomic E-state index is 0.0934. The molecule has 21 heavy (non-hydrogen) atoms. The van der Waals surface area contributed by atoms with Gasteiger partial charge in [0.05, 0.1) is 7.11 Å². The zero-order chi connectivity index (χ0) is 15.2. The van der Waals surface area contributed by atoms with E-state index in [1.807, 2.05) is 36.4 Å². The molecule has 4 heteroatoms. The second kappa shape index (κ2) is 7.69. The summed E-state index contributed by atoms with van der Waals surface area (Å²) < 4.78 is 5.35. The number of ether oxygens (including phenoxy) is 1. The molecule has 2 aromatic carbocycles. The first kappa shape index (κ1) is 16.2. The zero-order valence-corrected chi connectivity index (χ0v) is 13.4. The molecule has 1 N–H and O–H groups in total. The quantitative estimate of drug-likeness (QED) is 0.853. The van der Waals surface area contributed by atoms with Crippen molar-refractivity contribution in [3.63, 3.8) is 0 Å². The summed E-state index contributed by atoms with van der Waals surface area (Å²) in [6.07, 6.45) is 1.46. The molecule has 0 fully saturated rings. The van der Waals surface area contributed by atoms with Crippen molar-refractivity contribution >= 4 is 23.2 Å². The van der Waals surface area contributed by atoms with Crippen LogP contribution in [0.15, 0.2) is 42.5 Å². The molecule has 112 valence electrons. The molecule has 0 saturated heterocycles. The number of aliphatic hydroxyl groups is 1. The molecule has 0 aromatic heterocycles. The number of hydrogen-bond donors (Lipinski definition) is 1. The van der Waals surface area contributed by atoms with Gasteiger partial charge in [-0.15, -0.1) is 0 Å². The summed E-state index contributed by atoms with van der Waals surface area (Å²) in [6.45, 7) is 0.0994. The van der Waals surface area contributed by atoms with Crippen LogP contribution in [0.4, 0.5) is 0 Å². The van der Waals surface area contributed by atoms with E-state index in [2.05, 4.69) is 0 Å². The van der Waals surface area contributed by atoms with E-state index in [1.165, 1.54) is 0 Å². The lowest BCUT2D eigenvalue weighted by Gasteiger charge is -2.17. The molecule has 1 unspecified atom stereocenters. The van der Waals surface area contributed by atoms with E-state index in [1.54, 1.807) is 13.2 Å². The maximum Gasteiger partial charge on any atom is 0.122 e. The highest BCUT2D eigenvalue weighted by Gasteiger charge is 2.13. The summed E-state index contributed by atoms with van der Waals surface area (Å²) in [6, 6.07) is 13.3. The number of halogens is 2. The second-order valence-electron chi connectivity index (χ2n) is 5.04. The molecule has 1 atom stereocenters. The minimum atomic E-state index is 0.0934. The van der Waals surface area contributed by atoms with E-state index < -0.39 is 0 Å². The van der Waals surface area contributed by atoms with Crippen LogP contribution in [0, 0.1) is 5.92 Å². The lowest BCUT2D eigenvalue weighted by Crippen LogP contribution is -2.13. The summed E-state index contributed by atoms with van der Waals surface area (Å²) in [5.74, 6) is 0.889. The monoisotopic (exact) mass is 324 g/mol. The molecular weight excluding hydrogens is 307 g/mol. The predicted octanol–water partition coefficient (Wildman–Crippen LogP) is 4.40. The van der Waals surface area contributed by atoms with E-state index in [4.69, 9.17) is 27.9 Å². The third-order valence-electron chi connectivity index (χ3n) is 3.42. The molecule has 0 aliphatic rings. The van der Waals surface area contributed by atoms with Crippen LogP contribution in [0.3, 0.4) is 0 Å². The van der Waals surface area contributed by atoms with E-state index in [-0.39, 0.29) is 12.5 Å². The number of aliphatic hydroxyl groups excluding tert-OH is 1. The van der Waals surface area contributed by atoms with Gasteiger partial charge in [-0.05, 0) is 60.2 Å². The van der Waals surface area contributed by atoms with Gasteiger partial charge in [0, 0.05) is 16.7 Å². The third-order valence-corrected chi connectivity index (χ3v) is 3.89. The van der Waals surface area contributed by atoms with Gasteiger partial charge in [-0.2, -0.15) is 0 Å². The first-order valence-electron chi connectivity index (χ1n) is 6.80. The molecular formula is C17H18Cl2O2. The summed E-state index contributed by atoms with van der Waals surface area (Å²) in [7, 11) is 1.64. The number of benzene rings is 2. The van der Waals surface area contributed by atoms with Gasteiger partial charge in [-0.3, -0.25) is 0 Å². The molecule has 0 spiro atoms. The highest BCUT2D eigenvalue weighted by atomic mass is 35.5. The van der Waals surface area contributed by atoms with E-state index in [9.17, 15) is 5.11 Å². The maximum absolute atomic E-state index is 9.64. The van der Waals surface area contributed by atoms with Crippen molar-refractivity contribution in [2.24, 2.45) is 5.92 Å². The van der Waals surface area contributed by atoms with Gasteiger partial charge in [0.15, 0.2) is 0 Å². The van der Waals surface area contributed by atoms with Crippen LogP contribution in [0.25, 0.3) is 0 Å². The van der Waals surface area contributed by atoms with Gasteiger partial charge in [0.2, 0.25) is 0 Å². The van der Waals surface area contributed by atoms with Crippen molar-refractivity contribution in [2.75, 3.05) is 13.7 Å². The Hall–Kier alpha value is -1.22. The fourth-order valence-corrected chi connectivity index (χ4v) is 2.82. The van der Waals surface area contributed by atoms with E-state index in [0.29, 0.717) is 16.5 Å². The third kappa shape index (κ3) is 4.63. The first-order valence-corrected chi connectivity index (χ1v) is 7.55. The Morgan fingerprint density at radius 3 is 2.48 bits per heavy atom. The van der Waals surface area contributed by atoms with Crippen LogP contribution in [0.2, 0.25) is 10.0 Å². The van der Waals surface area contributed by atoms with Gasteiger partial charge in [-0.1, -0.05) is 35.3 Å². The van der Waals surface area contributed by atoms with Gasteiger partial charge in [0.1, 0.15) is 5.75 Å². The summed E-state index contributed by atoms with van der Waals surface area (Å²) in [5, 5.41) is 11.0. The molecule has 0 aliphatic carbocycles. The zero-order valence-electron chi connectivity index (χ0n) is 11.9. The van der Waals surface area contributed by atoms with Crippen molar-refractivity contribution in [3.05, 3.63) is 63.6 Å². The lowest BCUT2D eigenvalue weighted by molar-refractivity contribution is 0.224. The van der Waals surface area contributed by atoms with Crippen molar-refractivity contribution in [2.45, 2.75) is 12.8 Å². The Kier molecular flexibility index (Phi) is 5.92. The maximum atomic E-state index is 9.64. The highest BCUT2D eigenvalue weighted by molar-refractivity contribution is 6.30. The molecule has 0 saturated carbocycles. The van der Waals surface area contributed by atoms with Gasteiger partial charge in [0.25, 0.3) is 0 Å². The van der Waals surface area contributed by atoms with Gasteiger partial charge in [-0.25, -0.2) is 0 Å². The smallest absolute Gasteiger partial charge is 0.122 e. The fraction of sp³-hybridized carbons (Fsp3) is 0.294. The molecule has 0 bridgehead atoms. The topological polar surface area (TPSA) is 29.5 Å². The highest BCUT2D eigenvalue weighted by Crippen LogP contribution is 2.26. The fourth-order valence-electron chi connectivity index (χ4n) is 2.42. The Balaban J connectivity index is 2.14. The lowest BCUT2D eigenvalue weighted by atomic mass is 9.93. The minimum Gasteiger partial charge on any atom is -0.496 e. The summed E-state index contributed by atoms with van der Waals surface area (Å²) >= 11 is 12.0. The average molecular weight is 325 g/mol. The van der Waals surface area contributed by atoms with Gasteiger partial charge >= 0.3 is 0 Å². The molecule has 0 heterocycles. The molecule has 2 nitrogen and oxygen atoms in total. The van der Waals surface area contributed by atoms with Crippen molar-refractivity contribution in [1.82, 2.24) is 0 Å². The van der Waals surface area contributed by atoms with E-state index in [0.717, 1.165) is 23.3 Å². The van der Waals surface area contributed by atoms with Crippen LogP contribution in [0.1, 0.15) is 11.1 Å². The number of hydrogen-bond acceptors (Lipinski definition) is 2. The standard InChI is InChI=1S/C17H18Cl2O2/c1-21-17-6-5-16(19)10-14(17)8-13(11-20)7-12-3-2-4-15(18)9-12/h2-6,9-10,13,20H,7-8,11H2,1H3. The molecule has 0 amide bonds. The van der Waals surface area contributed by atoms with Crippen LogP contribution in [-0.2, 0) is 12.8 Å². The molecule has 2 rings (SSSR count). The SMILES string of the molecule is COc1ccc(Cl)cc1CC(CO)Cc1cccc(Cl)c1. The number of methoxy groups -OCH3 is 1. The Morgan fingerprint density at radius 1 is 1.05 bits per heavy atom. The average Bonchev–Trinajstić information content (AvgIpc) is 2.47. The van der Waals surface area contributed by atoms with Crippen LogP contribution in [-0.4, -0.2) is 18.8 Å². The summed E-state index contributed by atoms with van der Waals surface area (Å²) in [4.78, 5) is 0. The Bertz CT molecular complexity index is 599. The predicted molar refractivity (Wildman–Crippen MR) is 87.4 cm³/mol. The van der Waals surface area contributed by atoms with Gasteiger partial charge < -0.3 is 9.84 Å².